The molecular formula is C25H26N2O5S. The molecule has 3 aromatic rings. The van der Waals surface area contributed by atoms with Crippen LogP contribution in [0.15, 0.2) is 90.3 Å². The van der Waals surface area contributed by atoms with Gasteiger partial charge in [-0.25, -0.2) is 8.42 Å². The first-order valence-corrected chi connectivity index (χ1v) is 11.6. The van der Waals surface area contributed by atoms with Crippen molar-refractivity contribution in [3.05, 3.63) is 91.0 Å². The van der Waals surface area contributed by atoms with Crippen molar-refractivity contribution in [3.8, 4) is 11.5 Å². The molecular weight excluding hydrogens is 440 g/mol. The first-order chi connectivity index (χ1) is 15.8. The van der Waals surface area contributed by atoms with Crippen molar-refractivity contribution >= 4 is 27.3 Å². The average molecular weight is 467 g/mol. The summed E-state index contributed by atoms with van der Waals surface area (Å²) in [6.45, 7) is 5.48. The van der Waals surface area contributed by atoms with Crippen LogP contribution in [0.1, 0.15) is 5.56 Å². The van der Waals surface area contributed by atoms with Gasteiger partial charge in [0.05, 0.1) is 17.7 Å². The molecule has 0 aliphatic rings. The molecule has 0 aliphatic carbocycles. The molecule has 0 fully saturated rings. The van der Waals surface area contributed by atoms with E-state index >= 15 is 0 Å². The van der Waals surface area contributed by atoms with Gasteiger partial charge in [0.1, 0.15) is 24.7 Å². The zero-order valence-corrected chi connectivity index (χ0v) is 19.3. The standard InChI is InChI=1S/C25H26N2O5S/c1-4-17-32-23-11-7-20(8-12-23)26-25(28)18-27(21-9-5-19(2)6-10-21)33(29,30)24-15-13-22(31-3)14-16-24/h4-16H,1,17-18H2,2-3H3,(H,26,28). The molecule has 0 unspecified atom stereocenters. The van der Waals surface area contributed by atoms with Crippen LogP contribution in [0.25, 0.3) is 0 Å². The minimum absolute atomic E-state index is 0.0559. The molecule has 8 heteroatoms. The Hall–Kier alpha value is -3.78. The summed E-state index contributed by atoms with van der Waals surface area (Å²) in [6, 6.07) is 19.8. The SMILES string of the molecule is C=CCOc1ccc(NC(=O)CN(c2ccc(C)cc2)S(=O)(=O)c2ccc(OC)cc2)cc1. The molecule has 0 aromatic heterocycles. The van der Waals surface area contributed by atoms with E-state index in [2.05, 4.69) is 11.9 Å². The fourth-order valence-corrected chi connectivity index (χ4v) is 4.44. The molecule has 0 spiro atoms. The van der Waals surface area contributed by atoms with Gasteiger partial charge in [-0.2, -0.15) is 0 Å². The van der Waals surface area contributed by atoms with Crippen LogP contribution in [0, 0.1) is 6.92 Å². The summed E-state index contributed by atoms with van der Waals surface area (Å²) < 4.78 is 38.5. The molecule has 0 aliphatic heterocycles. The predicted octanol–water partition coefficient (Wildman–Crippen LogP) is 4.40. The molecule has 0 radical (unpaired) electrons. The Kier molecular flexibility index (Phi) is 7.74. The van der Waals surface area contributed by atoms with Gasteiger partial charge in [-0.3, -0.25) is 9.10 Å². The second-order valence-corrected chi connectivity index (χ2v) is 9.06. The Balaban J connectivity index is 1.84. The lowest BCUT2D eigenvalue weighted by Gasteiger charge is -2.24. The van der Waals surface area contributed by atoms with Crippen molar-refractivity contribution in [2.75, 3.05) is 29.9 Å². The average Bonchev–Trinajstić information content (AvgIpc) is 2.83. The van der Waals surface area contributed by atoms with E-state index in [1.807, 2.05) is 6.92 Å². The topological polar surface area (TPSA) is 84.9 Å². The number of anilines is 2. The number of nitrogens with one attached hydrogen (secondary N) is 1. The molecule has 1 N–H and O–H groups in total. The number of hydrogen-bond acceptors (Lipinski definition) is 5. The number of rotatable bonds is 10. The number of amides is 1. The van der Waals surface area contributed by atoms with E-state index in [4.69, 9.17) is 9.47 Å². The van der Waals surface area contributed by atoms with E-state index in [-0.39, 0.29) is 4.90 Å². The van der Waals surface area contributed by atoms with E-state index in [9.17, 15) is 13.2 Å². The number of nitrogens with zero attached hydrogens (tertiary/aromatic N) is 1. The number of benzene rings is 3. The van der Waals surface area contributed by atoms with Crippen molar-refractivity contribution in [1.29, 1.82) is 0 Å². The minimum atomic E-state index is -4.01. The van der Waals surface area contributed by atoms with E-state index in [0.29, 0.717) is 29.5 Å². The van der Waals surface area contributed by atoms with Crippen molar-refractivity contribution in [2.45, 2.75) is 11.8 Å². The highest BCUT2D eigenvalue weighted by molar-refractivity contribution is 7.92. The van der Waals surface area contributed by atoms with Gasteiger partial charge in [0.25, 0.3) is 10.0 Å². The molecule has 0 bridgehead atoms. The maximum Gasteiger partial charge on any atom is 0.264 e. The van der Waals surface area contributed by atoms with Gasteiger partial charge >= 0.3 is 0 Å². The third kappa shape index (κ3) is 6.14. The van der Waals surface area contributed by atoms with Crippen molar-refractivity contribution in [3.63, 3.8) is 0 Å². The molecule has 1 amide bonds. The normalized spacial score (nSPS) is 10.8. The number of carbonyl (C=O) groups is 1. The van der Waals surface area contributed by atoms with Crippen LogP contribution in [-0.4, -0.2) is 34.6 Å². The van der Waals surface area contributed by atoms with Crippen LogP contribution < -0.4 is 19.1 Å². The predicted molar refractivity (Wildman–Crippen MR) is 129 cm³/mol. The first-order valence-electron chi connectivity index (χ1n) is 10.2. The number of hydrogen-bond donors (Lipinski definition) is 1. The van der Waals surface area contributed by atoms with Gasteiger partial charge in [0.15, 0.2) is 0 Å². The number of sulfonamides is 1. The molecule has 7 nitrogen and oxygen atoms in total. The number of carbonyl (C=O) groups excluding carboxylic acids is 1. The highest BCUT2D eigenvalue weighted by Gasteiger charge is 2.27. The van der Waals surface area contributed by atoms with Gasteiger partial charge < -0.3 is 14.8 Å². The summed E-state index contributed by atoms with van der Waals surface area (Å²) in [6.07, 6.45) is 1.64. The quantitative estimate of drug-likeness (QED) is 0.448. The van der Waals surface area contributed by atoms with Crippen molar-refractivity contribution in [1.82, 2.24) is 0 Å². The highest BCUT2D eigenvalue weighted by atomic mass is 32.2. The lowest BCUT2D eigenvalue weighted by atomic mass is 10.2. The van der Waals surface area contributed by atoms with E-state index in [1.54, 1.807) is 66.7 Å². The Bertz CT molecular complexity index is 1190. The summed E-state index contributed by atoms with van der Waals surface area (Å²) in [4.78, 5) is 12.9. The Morgan fingerprint density at radius 1 is 0.970 bits per heavy atom. The van der Waals surface area contributed by atoms with E-state index < -0.39 is 22.5 Å². The molecule has 0 saturated heterocycles. The summed E-state index contributed by atoms with van der Waals surface area (Å²) in [5.74, 6) is 0.692. The first kappa shape index (κ1) is 23.9. The summed E-state index contributed by atoms with van der Waals surface area (Å²) in [7, 11) is -2.50. The van der Waals surface area contributed by atoms with Crippen LogP contribution in [-0.2, 0) is 14.8 Å². The Labute approximate surface area is 194 Å². The van der Waals surface area contributed by atoms with E-state index in [1.165, 1.54) is 19.2 Å². The molecule has 0 saturated carbocycles. The van der Waals surface area contributed by atoms with Crippen LogP contribution in [0.5, 0.6) is 11.5 Å². The van der Waals surface area contributed by atoms with Gasteiger partial charge in [0, 0.05) is 5.69 Å². The molecule has 3 aromatic carbocycles. The van der Waals surface area contributed by atoms with Crippen molar-refractivity contribution < 1.29 is 22.7 Å². The minimum Gasteiger partial charge on any atom is -0.497 e. The van der Waals surface area contributed by atoms with Crippen LogP contribution in [0.2, 0.25) is 0 Å². The second-order valence-electron chi connectivity index (χ2n) is 7.19. The van der Waals surface area contributed by atoms with Crippen molar-refractivity contribution in [2.24, 2.45) is 0 Å². The number of aryl methyl sites for hydroxylation is 1. The van der Waals surface area contributed by atoms with Gasteiger partial charge in [-0.15, -0.1) is 0 Å². The van der Waals surface area contributed by atoms with Crippen LogP contribution in [0.3, 0.4) is 0 Å². The summed E-state index contributed by atoms with van der Waals surface area (Å²) in [5.41, 5.74) is 1.89. The van der Waals surface area contributed by atoms with Gasteiger partial charge in [-0.05, 0) is 67.6 Å². The zero-order chi connectivity index (χ0) is 23.8. The lowest BCUT2D eigenvalue weighted by Crippen LogP contribution is -2.38. The Morgan fingerprint density at radius 2 is 1.58 bits per heavy atom. The molecule has 33 heavy (non-hydrogen) atoms. The molecule has 172 valence electrons. The molecule has 3 rings (SSSR count). The van der Waals surface area contributed by atoms with Crippen LogP contribution >= 0.6 is 0 Å². The monoisotopic (exact) mass is 466 g/mol. The summed E-state index contributed by atoms with van der Waals surface area (Å²) in [5, 5.41) is 2.74. The third-order valence-corrected chi connectivity index (χ3v) is 6.55. The Morgan fingerprint density at radius 3 is 2.15 bits per heavy atom. The maximum atomic E-state index is 13.4. The van der Waals surface area contributed by atoms with Crippen LogP contribution in [0.4, 0.5) is 11.4 Å². The zero-order valence-electron chi connectivity index (χ0n) is 18.5. The fraction of sp³-hybridized carbons (Fsp3) is 0.160. The maximum absolute atomic E-state index is 13.4. The fourth-order valence-electron chi connectivity index (χ4n) is 3.02. The summed E-state index contributed by atoms with van der Waals surface area (Å²) >= 11 is 0. The lowest BCUT2D eigenvalue weighted by molar-refractivity contribution is -0.114. The molecule has 0 heterocycles. The number of methoxy groups -OCH3 is 1. The highest BCUT2D eigenvalue weighted by Crippen LogP contribution is 2.26. The number of ether oxygens (including phenoxy) is 2. The third-order valence-electron chi connectivity index (χ3n) is 4.76. The largest absolute Gasteiger partial charge is 0.497 e. The van der Waals surface area contributed by atoms with E-state index in [0.717, 1.165) is 9.87 Å². The smallest absolute Gasteiger partial charge is 0.264 e. The second kappa shape index (κ2) is 10.7. The van der Waals surface area contributed by atoms with Gasteiger partial charge in [-0.1, -0.05) is 30.4 Å². The van der Waals surface area contributed by atoms with Gasteiger partial charge in [0.2, 0.25) is 5.91 Å². The molecule has 0 atom stereocenters.